The first kappa shape index (κ1) is 63.4. The van der Waals surface area contributed by atoms with E-state index in [1.165, 1.54) is 24.3 Å². The molecule has 0 aliphatic heterocycles. The number of aromatic amines is 4. The van der Waals surface area contributed by atoms with Crippen molar-refractivity contribution in [2.45, 2.75) is 124 Å². The van der Waals surface area contributed by atoms with Crippen molar-refractivity contribution in [3.63, 3.8) is 0 Å². The average molecular weight is 1250 g/mol. The van der Waals surface area contributed by atoms with Crippen LogP contribution in [0.1, 0.15) is 141 Å². The predicted octanol–water partition coefficient (Wildman–Crippen LogP) is 8.74. The molecule has 0 saturated heterocycles. The number of nitrogens with two attached hydrogens (primary N) is 1. The number of carbonyl (C=O) groups is 2. The number of hydrogen-bond acceptors (Lipinski definition) is 20. The van der Waals surface area contributed by atoms with Crippen molar-refractivity contribution in [2.75, 3.05) is 17.8 Å². The van der Waals surface area contributed by atoms with E-state index in [1.54, 1.807) is 31.2 Å². The molecule has 4 heterocycles. The summed E-state index contributed by atoms with van der Waals surface area (Å²) < 4.78 is 23.7. The van der Waals surface area contributed by atoms with Crippen molar-refractivity contribution in [1.29, 1.82) is 10.5 Å². The van der Waals surface area contributed by atoms with Crippen molar-refractivity contribution < 1.29 is 28.5 Å². The Morgan fingerprint density at radius 2 is 1.09 bits per heavy atom. The van der Waals surface area contributed by atoms with Crippen molar-refractivity contribution in [3.8, 4) is 52.7 Å². The number of nitriles is 2. The number of hydrogen-bond donors (Lipinski definition) is 7. The SMILES string of the molecule is CC(C)c1cc(=O)[nH]nc1Oc1c(Cl)cc(-n2nc(C#N)c(=O)[nH]c2=O)c2c1CCC2.CC(C)c1cc(=O)[nH]nc1Oc1c(Cl)cc(N)c2c1CCC2.CCOC(=O)NC(=O)/C(C#N)=N/Nc1cc(Cl)c(Oc2n[nH]c(=O)cc2C(C)C)c2c1CCC2. The Labute approximate surface area is 510 Å². The van der Waals surface area contributed by atoms with Crippen LogP contribution < -0.4 is 58.6 Å². The number of H-pyrrole nitrogens is 4. The molecule has 0 atom stereocenters. The lowest BCUT2D eigenvalue weighted by atomic mass is 10.1. The number of benzene rings is 3. The number of nitrogen functional groups attached to an aromatic ring is 1. The van der Waals surface area contributed by atoms with Crippen LogP contribution in [0.5, 0.6) is 34.9 Å². The van der Waals surface area contributed by atoms with Crippen molar-refractivity contribution in [2.24, 2.45) is 5.10 Å². The summed E-state index contributed by atoms with van der Waals surface area (Å²) in [6.45, 7) is 13.3. The summed E-state index contributed by atoms with van der Waals surface area (Å²) in [5.41, 5.74) is 14.2. The van der Waals surface area contributed by atoms with Crippen LogP contribution in [0.3, 0.4) is 0 Å². The van der Waals surface area contributed by atoms with Crippen molar-refractivity contribution >= 4 is 63.9 Å². The van der Waals surface area contributed by atoms with Crippen LogP contribution in [-0.2, 0) is 48.1 Å². The van der Waals surface area contributed by atoms with Gasteiger partial charge >= 0.3 is 11.8 Å². The summed E-state index contributed by atoms with van der Waals surface area (Å²) >= 11 is 19.4. The highest BCUT2D eigenvalue weighted by molar-refractivity contribution is 6.47. The highest BCUT2D eigenvalue weighted by Gasteiger charge is 2.29. The maximum absolute atomic E-state index is 12.4. The number of ether oxygens (including phenoxy) is 4. The molecule has 0 bridgehead atoms. The quantitative estimate of drug-likeness (QED) is 0.0304. The van der Waals surface area contributed by atoms with Gasteiger partial charge in [-0.05, 0) is 117 Å². The van der Waals surface area contributed by atoms with Gasteiger partial charge in [0.2, 0.25) is 29.0 Å². The highest BCUT2D eigenvalue weighted by atomic mass is 35.5. The predicted molar refractivity (Wildman–Crippen MR) is 322 cm³/mol. The van der Waals surface area contributed by atoms with E-state index in [9.17, 15) is 38.8 Å². The summed E-state index contributed by atoms with van der Waals surface area (Å²) in [5.74, 6) is 1.40. The number of nitrogens with one attached hydrogen (secondary N) is 6. The van der Waals surface area contributed by atoms with E-state index in [0.717, 1.165) is 75.7 Å². The number of carbonyl (C=O) groups excluding carboxylic acids is 2. The topological polar surface area (TPSA) is 386 Å². The zero-order chi connectivity index (χ0) is 63.0. The molecule has 3 aliphatic carbocycles. The first-order chi connectivity index (χ1) is 41.5. The Morgan fingerprint density at radius 1 is 0.655 bits per heavy atom. The number of aromatic nitrogens is 9. The number of imide groups is 1. The van der Waals surface area contributed by atoms with E-state index in [0.29, 0.717) is 82.0 Å². The van der Waals surface area contributed by atoms with E-state index >= 15 is 0 Å². The van der Waals surface area contributed by atoms with Crippen LogP contribution >= 0.6 is 34.8 Å². The van der Waals surface area contributed by atoms with Crippen LogP contribution in [0, 0.1) is 22.7 Å². The zero-order valence-electron chi connectivity index (χ0n) is 48.0. The Bertz CT molecular complexity index is 4290. The van der Waals surface area contributed by atoms with Gasteiger partial charge in [0.25, 0.3) is 28.1 Å². The number of halogens is 3. The molecular formula is C58H58Cl3N15O11. The molecule has 7 aromatic rings. The molecule has 87 heavy (non-hydrogen) atoms. The van der Waals surface area contributed by atoms with E-state index in [2.05, 4.69) is 55.9 Å². The van der Waals surface area contributed by atoms with E-state index in [-0.39, 0.29) is 62.8 Å². The second kappa shape index (κ2) is 27.6. The smallest absolute Gasteiger partial charge is 0.414 e. The largest absolute Gasteiger partial charge is 0.450 e. The second-order valence-corrected chi connectivity index (χ2v) is 22.1. The van der Waals surface area contributed by atoms with Gasteiger partial charge in [-0.3, -0.25) is 39.7 Å². The molecule has 29 heteroatoms. The molecule has 0 fully saturated rings. The molecule has 26 nitrogen and oxygen atoms in total. The molecule has 8 N–H and O–H groups in total. The lowest BCUT2D eigenvalue weighted by molar-refractivity contribution is -0.114. The van der Waals surface area contributed by atoms with E-state index in [4.69, 9.17) is 60.0 Å². The Balaban J connectivity index is 0.000000173. The fourth-order valence-corrected chi connectivity index (χ4v) is 10.8. The number of alkyl carbamates (subject to hydrolysis) is 1. The fraction of sp³-hybridized carbons (Fsp3) is 0.345. The zero-order valence-corrected chi connectivity index (χ0v) is 50.3. The third-order valence-corrected chi connectivity index (χ3v) is 14.9. The molecule has 3 aromatic carbocycles. The summed E-state index contributed by atoms with van der Waals surface area (Å²) in [6.07, 6.45) is 6.13. The van der Waals surface area contributed by atoms with Crippen molar-refractivity contribution in [3.05, 3.63) is 159 Å². The number of anilines is 2. The summed E-state index contributed by atoms with van der Waals surface area (Å²) in [7, 11) is 0. The van der Waals surface area contributed by atoms with Crippen LogP contribution in [0.4, 0.5) is 16.2 Å². The molecule has 10 rings (SSSR count). The van der Waals surface area contributed by atoms with Gasteiger partial charge in [-0.2, -0.15) is 20.3 Å². The van der Waals surface area contributed by atoms with Crippen LogP contribution in [-0.4, -0.2) is 69.7 Å². The molecule has 0 unspecified atom stereocenters. The Hall–Kier alpha value is -9.63. The minimum atomic E-state index is -0.999. The van der Waals surface area contributed by atoms with Gasteiger partial charge in [0.1, 0.15) is 12.1 Å². The molecule has 2 amide bonds. The van der Waals surface area contributed by atoms with Crippen LogP contribution in [0.25, 0.3) is 5.69 Å². The summed E-state index contributed by atoms with van der Waals surface area (Å²) in [4.78, 5) is 84.5. The van der Waals surface area contributed by atoms with Gasteiger partial charge in [0.05, 0.1) is 33.0 Å². The normalized spacial score (nSPS) is 12.8. The number of nitrogens with zero attached hydrogens (tertiary/aromatic N) is 8. The van der Waals surface area contributed by atoms with Gasteiger partial charge in [0, 0.05) is 57.3 Å². The number of hydrazone groups is 1. The number of fused-ring (bicyclic) bond motifs is 3. The Kier molecular flexibility index (Phi) is 20.1. The van der Waals surface area contributed by atoms with E-state index < -0.39 is 34.7 Å². The molecule has 452 valence electrons. The van der Waals surface area contributed by atoms with Crippen molar-refractivity contribution in [1.82, 2.24) is 50.7 Å². The molecule has 0 saturated carbocycles. The lowest BCUT2D eigenvalue weighted by Crippen LogP contribution is -2.36. The fourth-order valence-electron chi connectivity index (χ4n) is 9.97. The van der Waals surface area contributed by atoms with E-state index in [1.807, 2.05) is 46.9 Å². The number of amides is 2. The first-order valence-electron chi connectivity index (χ1n) is 27.5. The maximum Gasteiger partial charge on any atom is 0.414 e. The standard InChI is InChI=1S/C22H23ClN6O5.C20H17ClN6O4.C16H18ClN3O2/c1-4-33-22(32)25-20(31)17(10-24)27-26-16-9-15(23)19(13-7-5-6-12(13)16)34-21-14(11(2)3)8-18(30)28-29-21;1-9(2)12-6-16(28)24-25-19(12)31-17-11-5-3-4-10(11)15(7-13(17)21)27-20(30)23-18(29)14(8-22)26-27;1-8(2)11-6-14(21)19-20-16(11)22-15-10-5-3-4-9(10)13(18)7-12(15)17/h8-9,11,26H,4-7H2,1-3H3,(H,28,30)(H,25,31,32);6-7,9H,3-5H2,1-2H3,(H,24,28)(H,23,29,30);6-8H,3-5,18H2,1-2H3,(H,19,21)/b27-17+;;. The molecule has 0 radical (unpaired) electrons. The average Bonchev–Trinajstić information content (AvgIpc) is 2.57. The number of rotatable bonds is 14. The maximum atomic E-state index is 12.4. The highest BCUT2D eigenvalue weighted by Crippen LogP contribution is 2.46. The molecule has 0 spiro atoms. The minimum Gasteiger partial charge on any atom is -0.450 e. The summed E-state index contributed by atoms with van der Waals surface area (Å²) in [5, 5.41) is 48.2. The lowest BCUT2D eigenvalue weighted by Gasteiger charge is -2.17. The molecular weight excluding hydrogens is 1190 g/mol. The van der Waals surface area contributed by atoms with Gasteiger partial charge < -0.3 is 24.7 Å². The molecule has 3 aliphatic rings. The van der Waals surface area contributed by atoms with Gasteiger partial charge in [-0.25, -0.2) is 24.9 Å². The Morgan fingerprint density at radius 3 is 1.56 bits per heavy atom. The monoisotopic (exact) mass is 1250 g/mol. The molecule has 4 aromatic heterocycles. The minimum absolute atomic E-state index is 0.00272. The third-order valence-electron chi connectivity index (χ3n) is 14.1. The van der Waals surface area contributed by atoms with Gasteiger partial charge in [-0.1, -0.05) is 76.3 Å². The van der Waals surface area contributed by atoms with Gasteiger partial charge in [0.15, 0.2) is 17.2 Å². The second-order valence-electron chi connectivity index (χ2n) is 20.9. The summed E-state index contributed by atoms with van der Waals surface area (Å²) in [6, 6.07) is 12.5. The van der Waals surface area contributed by atoms with Gasteiger partial charge in [-0.15, -0.1) is 20.4 Å². The van der Waals surface area contributed by atoms with Crippen LogP contribution in [0.15, 0.2) is 65.5 Å². The van der Waals surface area contributed by atoms with Crippen LogP contribution in [0.2, 0.25) is 15.1 Å². The first-order valence-corrected chi connectivity index (χ1v) is 28.6. The third kappa shape index (κ3) is 14.4.